The molecule has 0 radical (unpaired) electrons. The van der Waals surface area contributed by atoms with Crippen LogP contribution in [0.15, 0.2) is 60.9 Å². The summed E-state index contributed by atoms with van der Waals surface area (Å²) >= 11 is 0. The SMILES string of the molecule is O=C(OCc1ncn(-c2ccccc2)n1)c1ccc(OC(F)(F)F)cc1. The molecule has 0 aliphatic heterocycles. The molecule has 0 N–H and O–H groups in total. The Morgan fingerprint density at radius 1 is 1.04 bits per heavy atom. The predicted octanol–water partition coefficient (Wildman–Crippen LogP) is 3.52. The molecular formula is C17H12F3N3O3. The van der Waals surface area contributed by atoms with E-state index >= 15 is 0 Å². The molecule has 2 aromatic carbocycles. The quantitative estimate of drug-likeness (QED) is 0.649. The van der Waals surface area contributed by atoms with E-state index < -0.39 is 18.1 Å². The summed E-state index contributed by atoms with van der Waals surface area (Å²) in [6, 6.07) is 13.7. The predicted molar refractivity (Wildman–Crippen MR) is 83.6 cm³/mol. The van der Waals surface area contributed by atoms with Crippen molar-refractivity contribution in [2.75, 3.05) is 0 Å². The Labute approximate surface area is 145 Å². The van der Waals surface area contributed by atoms with Crippen LogP contribution in [0.4, 0.5) is 13.2 Å². The van der Waals surface area contributed by atoms with Crippen molar-refractivity contribution in [3.8, 4) is 11.4 Å². The highest BCUT2D eigenvalue weighted by atomic mass is 19.4. The third-order valence-corrected chi connectivity index (χ3v) is 3.22. The normalized spacial score (nSPS) is 11.2. The number of alkyl halides is 3. The van der Waals surface area contributed by atoms with Crippen molar-refractivity contribution >= 4 is 5.97 Å². The van der Waals surface area contributed by atoms with Crippen molar-refractivity contribution < 1.29 is 27.4 Å². The molecule has 6 nitrogen and oxygen atoms in total. The van der Waals surface area contributed by atoms with Gasteiger partial charge >= 0.3 is 12.3 Å². The number of benzene rings is 2. The summed E-state index contributed by atoms with van der Waals surface area (Å²) in [4.78, 5) is 16.0. The molecule has 0 fully saturated rings. The smallest absolute Gasteiger partial charge is 0.454 e. The standard InChI is InChI=1S/C17H12F3N3O3/c18-17(19,20)26-14-8-6-12(7-9-14)16(24)25-10-15-21-11-23(22-15)13-4-2-1-3-5-13/h1-9,11H,10H2. The van der Waals surface area contributed by atoms with Gasteiger partial charge in [0.15, 0.2) is 12.4 Å². The monoisotopic (exact) mass is 363 g/mol. The van der Waals surface area contributed by atoms with Gasteiger partial charge in [0.1, 0.15) is 12.1 Å². The molecule has 134 valence electrons. The van der Waals surface area contributed by atoms with Crippen LogP contribution in [0.1, 0.15) is 16.2 Å². The Kier molecular flexibility index (Phi) is 4.87. The fourth-order valence-corrected chi connectivity index (χ4v) is 2.07. The molecule has 9 heteroatoms. The number of carbonyl (C=O) groups is 1. The molecule has 0 bridgehead atoms. The van der Waals surface area contributed by atoms with Crippen molar-refractivity contribution in [2.24, 2.45) is 0 Å². The summed E-state index contributed by atoms with van der Waals surface area (Å²) in [5.74, 6) is -0.837. The first-order valence-electron chi connectivity index (χ1n) is 7.39. The molecule has 0 saturated carbocycles. The van der Waals surface area contributed by atoms with Crippen LogP contribution in [0, 0.1) is 0 Å². The number of carbonyl (C=O) groups excluding carboxylic acids is 1. The number of nitrogens with zero attached hydrogens (tertiary/aromatic N) is 3. The third kappa shape index (κ3) is 4.59. The number of para-hydroxylation sites is 1. The van der Waals surface area contributed by atoms with Gasteiger partial charge in [0.05, 0.1) is 11.3 Å². The van der Waals surface area contributed by atoms with Crippen LogP contribution in [-0.4, -0.2) is 27.1 Å². The van der Waals surface area contributed by atoms with Gasteiger partial charge in [-0.25, -0.2) is 14.5 Å². The van der Waals surface area contributed by atoms with E-state index in [0.29, 0.717) is 5.82 Å². The lowest BCUT2D eigenvalue weighted by Gasteiger charge is -2.09. The van der Waals surface area contributed by atoms with Gasteiger partial charge in [-0.2, -0.15) is 0 Å². The van der Waals surface area contributed by atoms with Crippen LogP contribution in [0.25, 0.3) is 5.69 Å². The first-order valence-corrected chi connectivity index (χ1v) is 7.39. The van der Waals surface area contributed by atoms with Crippen LogP contribution in [0.3, 0.4) is 0 Å². The van der Waals surface area contributed by atoms with Crippen LogP contribution >= 0.6 is 0 Å². The van der Waals surface area contributed by atoms with Gasteiger partial charge in [-0.3, -0.25) is 0 Å². The molecule has 0 unspecified atom stereocenters. The van der Waals surface area contributed by atoms with Crippen LogP contribution < -0.4 is 4.74 Å². The number of aromatic nitrogens is 3. The second-order valence-corrected chi connectivity index (χ2v) is 5.09. The molecule has 26 heavy (non-hydrogen) atoms. The van der Waals surface area contributed by atoms with Gasteiger partial charge in [0.25, 0.3) is 0 Å². The summed E-state index contributed by atoms with van der Waals surface area (Å²) < 4.78 is 46.6. The summed E-state index contributed by atoms with van der Waals surface area (Å²) in [6.45, 7) is -0.167. The molecule has 3 rings (SSSR count). The number of esters is 1. The van der Waals surface area contributed by atoms with E-state index in [1.165, 1.54) is 23.1 Å². The molecule has 3 aromatic rings. The number of hydrogen-bond donors (Lipinski definition) is 0. The highest BCUT2D eigenvalue weighted by Crippen LogP contribution is 2.23. The van der Waals surface area contributed by atoms with E-state index in [9.17, 15) is 18.0 Å². The summed E-state index contributed by atoms with van der Waals surface area (Å²) in [7, 11) is 0. The lowest BCUT2D eigenvalue weighted by Crippen LogP contribution is -2.17. The molecule has 0 saturated heterocycles. The summed E-state index contributed by atoms with van der Waals surface area (Å²) in [6.07, 6.45) is -3.30. The lowest BCUT2D eigenvalue weighted by molar-refractivity contribution is -0.274. The molecule has 0 aliphatic rings. The Bertz CT molecular complexity index is 878. The van der Waals surface area contributed by atoms with Crippen molar-refractivity contribution in [3.63, 3.8) is 0 Å². The zero-order valence-electron chi connectivity index (χ0n) is 13.2. The first kappa shape index (κ1) is 17.5. The fraction of sp³-hybridized carbons (Fsp3) is 0.118. The Morgan fingerprint density at radius 3 is 2.38 bits per heavy atom. The van der Waals surface area contributed by atoms with E-state index in [2.05, 4.69) is 14.8 Å². The minimum absolute atomic E-state index is 0.0852. The molecule has 0 atom stereocenters. The number of rotatable bonds is 5. The van der Waals surface area contributed by atoms with E-state index in [1.54, 1.807) is 0 Å². The molecular weight excluding hydrogens is 351 g/mol. The van der Waals surface area contributed by atoms with E-state index in [-0.39, 0.29) is 12.2 Å². The Morgan fingerprint density at radius 2 is 1.73 bits per heavy atom. The van der Waals surface area contributed by atoms with Crippen LogP contribution in [0.2, 0.25) is 0 Å². The van der Waals surface area contributed by atoms with E-state index in [0.717, 1.165) is 17.8 Å². The van der Waals surface area contributed by atoms with Crippen molar-refractivity contribution in [1.29, 1.82) is 0 Å². The van der Waals surface area contributed by atoms with Gasteiger partial charge in [0.2, 0.25) is 0 Å². The van der Waals surface area contributed by atoms with Crippen LogP contribution in [-0.2, 0) is 11.3 Å². The van der Waals surface area contributed by atoms with E-state index in [1.807, 2.05) is 30.3 Å². The van der Waals surface area contributed by atoms with Gasteiger partial charge in [-0.05, 0) is 36.4 Å². The van der Waals surface area contributed by atoms with Crippen molar-refractivity contribution in [1.82, 2.24) is 14.8 Å². The molecule has 0 aliphatic carbocycles. The molecule has 0 amide bonds. The fourth-order valence-electron chi connectivity index (χ4n) is 2.07. The van der Waals surface area contributed by atoms with Crippen molar-refractivity contribution in [2.45, 2.75) is 13.0 Å². The Balaban J connectivity index is 1.58. The largest absolute Gasteiger partial charge is 0.573 e. The maximum Gasteiger partial charge on any atom is 0.573 e. The molecule has 1 aromatic heterocycles. The number of ether oxygens (including phenoxy) is 2. The van der Waals surface area contributed by atoms with Crippen LogP contribution in [0.5, 0.6) is 5.75 Å². The van der Waals surface area contributed by atoms with E-state index in [4.69, 9.17) is 4.74 Å². The first-order chi connectivity index (χ1) is 12.4. The molecule has 0 spiro atoms. The maximum absolute atomic E-state index is 12.1. The number of hydrogen-bond acceptors (Lipinski definition) is 5. The summed E-state index contributed by atoms with van der Waals surface area (Å²) in [5.41, 5.74) is 0.889. The zero-order chi connectivity index (χ0) is 18.6. The van der Waals surface area contributed by atoms with Gasteiger partial charge in [-0.15, -0.1) is 18.3 Å². The Hall–Kier alpha value is -3.36. The van der Waals surface area contributed by atoms with Gasteiger partial charge in [-0.1, -0.05) is 18.2 Å². The minimum atomic E-state index is -4.79. The van der Waals surface area contributed by atoms with Crippen molar-refractivity contribution in [3.05, 3.63) is 72.3 Å². The maximum atomic E-state index is 12.1. The highest BCUT2D eigenvalue weighted by molar-refractivity contribution is 5.89. The molecule has 1 heterocycles. The highest BCUT2D eigenvalue weighted by Gasteiger charge is 2.31. The summed E-state index contributed by atoms with van der Waals surface area (Å²) in [5, 5.41) is 4.18. The average molecular weight is 363 g/mol. The number of halogens is 3. The second-order valence-electron chi connectivity index (χ2n) is 5.09. The average Bonchev–Trinajstić information content (AvgIpc) is 3.09. The topological polar surface area (TPSA) is 66.2 Å². The van der Waals surface area contributed by atoms with Gasteiger partial charge < -0.3 is 9.47 Å². The third-order valence-electron chi connectivity index (χ3n) is 3.22. The minimum Gasteiger partial charge on any atom is -0.454 e. The van der Waals surface area contributed by atoms with Gasteiger partial charge in [0, 0.05) is 0 Å². The lowest BCUT2D eigenvalue weighted by atomic mass is 10.2. The second kappa shape index (κ2) is 7.26. The zero-order valence-corrected chi connectivity index (χ0v) is 13.2.